The van der Waals surface area contributed by atoms with Crippen LogP contribution in [0.3, 0.4) is 0 Å². The summed E-state index contributed by atoms with van der Waals surface area (Å²) in [5.74, 6) is -0.297. The van der Waals surface area contributed by atoms with E-state index in [1.165, 1.54) is 7.11 Å². The number of hydrogen-bond donors (Lipinski definition) is 1. The Bertz CT molecular complexity index is 389. The monoisotopic (exact) mass is 257 g/mol. The van der Waals surface area contributed by atoms with Crippen molar-refractivity contribution in [2.45, 2.75) is 31.3 Å². The van der Waals surface area contributed by atoms with Gasteiger partial charge in [0.2, 0.25) is 0 Å². The third-order valence-electron chi connectivity index (χ3n) is 3.74. The highest BCUT2D eigenvalue weighted by molar-refractivity contribution is 6.31. The molecule has 0 unspecified atom stereocenters. The van der Waals surface area contributed by atoms with Crippen LogP contribution in [0.2, 0.25) is 5.02 Å². The first-order valence-electron chi connectivity index (χ1n) is 5.80. The summed E-state index contributed by atoms with van der Waals surface area (Å²) in [6, 6.07) is 3.40. The molecule has 0 amide bonds. The first-order valence-corrected chi connectivity index (χ1v) is 6.18. The lowest BCUT2D eigenvalue weighted by Crippen LogP contribution is -2.41. The second kappa shape index (κ2) is 4.92. The number of halogens is 2. The Kier molecular flexibility index (Phi) is 3.71. The topological polar surface area (TPSA) is 35.2 Å². The van der Waals surface area contributed by atoms with E-state index in [0.717, 1.165) is 24.8 Å². The van der Waals surface area contributed by atoms with Crippen molar-refractivity contribution in [2.24, 2.45) is 5.73 Å². The number of methoxy groups -OCH3 is 1. The average Bonchev–Trinajstić information content (AvgIpc) is 2.23. The first kappa shape index (κ1) is 12.8. The van der Waals surface area contributed by atoms with Gasteiger partial charge in [0, 0.05) is 29.7 Å². The second-order valence-corrected chi connectivity index (χ2v) is 5.10. The summed E-state index contributed by atoms with van der Waals surface area (Å²) < 4.78 is 18.9. The molecule has 4 heteroatoms. The van der Waals surface area contributed by atoms with E-state index >= 15 is 0 Å². The molecule has 94 valence electrons. The molecule has 0 saturated heterocycles. The van der Waals surface area contributed by atoms with Crippen LogP contribution < -0.4 is 5.73 Å². The highest BCUT2D eigenvalue weighted by Gasteiger charge is 2.38. The molecule has 1 aliphatic carbocycles. The van der Waals surface area contributed by atoms with Gasteiger partial charge in [-0.05, 0) is 30.5 Å². The highest BCUT2D eigenvalue weighted by atomic mass is 35.5. The predicted octanol–water partition coefficient (Wildman–Crippen LogP) is 3.01. The van der Waals surface area contributed by atoms with Gasteiger partial charge in [0.25, 0.3) is 0 Å². The molecule has 1 saturated carbocycles. The van der Waals surface area contributed by atoms with Crippen molar-refractivity contribution < 1.29 is 9.13 Å². The Hall–Kier alpha value is -0.640. The summed E-state index contributed by atoms with van der Waals surface area (Å²) in [6.07, 6.45) is 3.18. The molecule has 0 aromatic heterocycles. The smallest absolute Gasteiger partial charge is 0.130 e. The van der Waals surface area contributed by atoms with Crippen LogP contribution in [0.25, 0.3) is 0 Å². The van der Waals surface area contributed by atoms with Crippen molar-refractivity contribution in [1.82, 2.24) is 0 Å². The second-order valence-electron chi connectivity index (χ2n) is 4.69. The largest absolute Gasteiger partial charge is 0.380 e. The molecule has 2 nitrogen and oxygen atoms in total. The lowest BCUT2D eigenvalue weighted by molar-refractivity contribution is 0.181. The van der Waals surface area contributed by atoms with Crippen LogP contribution in [0.5, 0.6) is 0 Å². The quantitative estimate of drug-likeness (QED) is 0.900. The molecule has 17 heavy (non-hydrogen) atoms. The minimum absolute atomic E-state index is 0.0594. The van der Waals surface area contributed by atoms with Gasteiger partial charge in [0.1, 0.15) is 5.82 Å². The van der Waals surface area contributed by atoms with Gasteiger partial charge in [-0.3, -0.25) is 0 Å². The Labute approximate surface area is 106 Å². The maximum atomic E-state index is 13.9. The Morgan fingerprint density at radius 2 is 2.18 bits per heavy atom. The lowest BCUT2D eigenvalue weighted by Gasteiger charge is -2.41. The molecule has 1 aliphatic rings. The Balaban J connectivity index is 2.38. The van der Waals surface area contributed by atoms with Crippen molar-refractivity contribution in [1.29, 1.82) is 0 Å². The molecule has 1 fully saturated rings. The van der Waals surface area contributed by atoms with Crippen molar-refractivity contribution in [2.75, 3.05) is 13.7 Å². The average molecular weight is 258 g/mol. The van der Waals surface area contributed by atoms with E-state index < -0.39 is 0 Å². The van der Waals surface area contributed by atoms with Crippen LogP contribution in [0, 0.1) is 5.82 Å². The molecular weight excluding hydrogens is 241 g/mol. The van der Waals surface area contributed by atoms with E-state index in [2.05, 4.69) is 0 Å². The van der Waals surface area contributed by atoms with Crippen LogP contribution in [-0.2, 0) is 16.8 Å². The molecular formula is C13H17ClFNO. The predicted molar refractivity (Wildman–Crippen MR) is 66.7 cm³/mol. The molecule has 0 radical (unpaired) electrons. The summed E-state index contributed by atoms with van der Waals surface area (Å²) in [5, 5.41) is 0.432. The zero-order valence-electron chi connectivity index (χ0n) is 9.93. The van der Waals surface area contributed by atoms with Crippen molar-refractivity contribution in [3.63, 3.8) is 0 Å². The van der Waals surface area contributed by atoms with Crippen molar-refractivity contribution in [3.8, 4) is 0 Å². The van der Waals surface area contributed by atoms with Gasteiger partial charge in [-0.2, -0.15) is 0 Å². The molecule has 0 spiro atoms. The van der Waals surface area contributed by atoms with E-state index in [0.29, 0.717) is 17.1 Å². The molecule has 2 N–H and O–H groups in total. The molecule has 1 aromatic carbocycles. The van der Waals surface area contributed by atoms with Gasteiger partial charge in [-0.15, -0.1) is 0 Å². The SMILES string of the molecule is COCc1c(F)cc(C2(CN)CCC2)cc1Cl. The van der Waals surface area contributed by atoms with E-state index in [1.54, 1.807) is 6.07 Å². The number of hydrogen-bond acceptors (Lipinski definition) is 2. The van der Waals surface area contributed by atoms with Crippen LogP contribution in [0.15, 0.2) is 12.1 Å². The Morgan fingerprint density at radius 3 is 2.59 bits per heavy atom. The fourth-order valence-electron chi connectivity index (χ4n) is 2.41. The van der Waals surface area contributed by atoms with Gasteiger partial charge < -0.3 is 10.5 Å². The number of nitrogens with two attached hydrogens (primary N) is 1. The number of ether oxygens (including phenoxy) is 1. The van der Waals surface area contributed by atoms with Crippen LogP contribution in [0.4, 0.5) is 4.39 Å². The molecule has 1 aromatic rings. The third kappa shape index (κ3) is 2.19. The minimum Gasteiger partial charge on any atom is -0.380 e. The van der Waals surface area contributed by atoms with E-state index in [9.17, 15) is 4.39 Å². The molecule has 0 heterocycles. The third-order valence-corrected chi connectivity index (χ3v) is 4.08. The van der Waals surface area contributed by atoms with Crippen LogP contribution >= 0.6 is 11.6 Å². The highest BCUT2D eigenvalue weighted by Crippen LogP contribution is 2.44. The van der Waals surface area contributed by atoms with Crippen LogP contribution in [0.1, 0.15) is 30.4 Å². The number of rotatable bonds is 4. The minimum atomic E-state index is -0.297. The van der Waals surface area contributed by atoms with Crippen LogP contribution in [-0.4, -0.2) is 13.7 Å². The van der Waals surface area contributed by atoms with E-state index in [4.69, 9.17) is 22.1 Å². The molecule has 0 bridgehead atoms. The summed E-state index contributed by atoms with van der Waals surface area (Å²) in [7, 11) is 1.52. The summed E-state index contributed by atoms with van der Waals surface area (Å²) in [6.45, 7) is 0.743. The zero-order chi connectivity index (χ0) is 12.5. The Morgan fingerprint density at radius 1 is 1.47 bits per heavy atom. The van der Waals surface area contributed by atoms with Gasteiger partial charge in [-0.1, -0.05) is 18.0 Å². The lowest BCUT2D eigenvalue weighted by atomic mass is 9.64. The summed E-state index contributed by atoms with van der Waals surface area (Å²) >= 11 is 6.10. The maximum Gasteiger partial charge on any atom is 0.130 e. The molecule has 0 atom stereocenters. The van der Waals surface area contributed by atoms with Gasteiger partial charge >= 0.3 is 0 Å². The standard InChI is InChI=1S/C13H17ClFNO/c1-17-7-10-11(14)5-9(6-12(10)15)13(8-16)3-2-4-13/h5-6H,2-4,7-8,16H2,1H3. The first-order chi connectivity index (χ1) is 8.13. The normalized spacial score (nSPS) is 17.9. The zero-order valence-corrected chi connectivity index (χ0v) is 10.7. The van der Waals surface area contributed by atoms with Crippen molar-refractivity contribution >= 4 is 11.6 Å². The maximum absolute atomic E-state index is 13.9. The van der Waals surface area contributed by atoms with Crippen molar-refractivity contribution in [3.05, 3.63) is 34.1 Å². The van der Waals surface area contributed by atoms with Gasteiger partial charge in [0.15, 0.2) is 0 Å². The molecule has 0 aliphatic heterocycles. The van der Waals surface area contributed by atoms with Gasteiger partial charge in [0.05, 0.1) is 6.61 Å². The fraction of sp³-hybridized carbons (Fsp3) is 0.538. The van der Waals surface area contributed by atoms with E-state index in [1.807, 2.05) is 6.07 Å². The fourth-order valence-corrected chi connectivity index (χ4v) is 2.67. The number of benzene rings is 1. The summed E-state index contributed by atoms with van der Waals surface area (Å²) in [5.41, 5.74) is 7.09. The van der Waals surface area contributed by atoms with E-state index in [-0.39, 0.29) is 17.8 Å². The van der Waals surface area contributed by atoms with Gasteiger partial charge in [-0.25, -0.2) is 4.39 Å². The molecule has 2 rings (SSSR count). The summed E-state index contributed by atoms with van der Waals surface area (Å²) in [4.78, 5) is 0.